The number of carbonyl (C=O) groups is 1. The minimum absolute atomic E-state index is 0.0540. The molecular formula is C14H20N2O. The molecule has 0 bridgehead atoms. The lowest BCUT2D eigenvalue weighted by Gasteiger charge is -2.24. The van der Waals surface area contributed by atoms with Crippen molar-refractivity contribution in [2.75, 3.05) is 13.1 Å². The van der Waals surface area contributed by atoms with E-state index in [-0.39, 0.29) is 5.91 Å². The van der Waals surface area contributed by atoms with Crippen LogP contribution in [0.15, 0.2) is 42.5 Å². The van der Waals surface area contributed by atoms with Gasteiger partial charge < -0.3 is 10.6 Å². The SMILES string of the molecule is C=C(C)CN(CC)C(=O)[C@H](N)c1ccccc1. The summed E-state index contributed by atoms with van der Waals surface area (Å²) in [5.74, 6) is -0.0540. The number of nitrogens with two attached hydrogens (primary N) is 1. The van der Waals surface area contributed by atoms with Crippen LogP contribution >= 0.6 is 0 Å². The number of hydrogen-bond acceptors (Lipinski definition) is 2. The number of benzene rings is 1. The van der Waals surface area contributed by atoms with Gasteiger partial charge in [0.15, 0.2) is 0 Å². The first kappa shape index (κ1) is 13.5. The van der Waals surface area contributed by atoms with Crippen molar-refractivity contribution in [1.29, 1.82) is 0 Å². The van der Waals surface area contributed by atoms with Crippen molar-refractivity contribution in [2.45, 2.75) is 19.9 Å². The molecule has 0 heterocycles. The minimum atomic E-state index is -0.588. The quantitative estimate of drug-likeness (QED) is 0.790. The summed E-state index contributed by atoms with van der Waals surface area (Å²) in [6.45, 7) is 8.88. The predicted molar refractivity (Wildman–Crippen MR) is 70.4 cm³/mol. The molecule has 0 aromatic heterocycles. The Hall–Kier alpha value is -1.61. The third-order valence-electron chi connectivity index (χ3n) is 2.58. The van der Waals surface area contributed by atoms with E-state index in [0.717, 1.165) is 11.1 Å². The first-order valence-corrected chi connectivity index (χ1v) is 5.80. The van der Waals surface area contributed by atoms with E-state index in [4.69, 9.17) is 5.73 Å². The molecule has 3 heteroatoms. The van der Waals surface area contributed by atoms with Gasteiger partial charge in [0.1, 0.15) is 6.04 Å². The van der Waals surface area contributed by atoms with Crippen molar-refractivity contribution >= 4 is 5.91 Å². The average molecular weight is 232 g/mol. The maximum Gasteiger partial charge on any atom is 0.244 e. The third-order valence-corrected chi connectivity index (χ3v) is 2.58. The fourth-order valence-corrected chi connectivity index (χ4v) is 1.67. The van der Waals surface area contributed by atoms with E-state index in [0.29, 0.717) is 13.1 Å². The summed E-state index contributed by atoms with van der Waals surface area (Å²) >= 11 is 0. The number of rotatable bonds is 5. The Kier molecular flexibility index (Phi) is 4.91. The van der Waals surface area contributed by atoms with E-state index >= 15 is 0 Å². The normalized spacial score (nSPS) is 11.9. The molecule has 1 amide bonds. The molecule has 0 spiro atoms. The number of amides is 1. The second-order valence-corrected chi connectivity index (χ2v) is 4.20. The number of hydrogen-bond donors (Lipinski definition) is 1. The zero-order valence-corrected chi connectivity index (χ0v) is 10.5. The van der Waals surface area contributed by atoms with Crippen molar-refractivity contribution in [2.24, 2.45) is 5.73 Å². The van der Waals surface area contributed by atoms with E-state index in [1.807, 2.05) is 44.2 Å². The smallest absolute Gasteiger partial charge is 0.244 e. The minimum Gasteiger partial charge on any atom is -0.337 e. The largest absolute Gasteiger partial charge is 0.337 e. The van der Waals surface area contributed by atoms with Crippen LogP contribution in [0, 0.1) is 0 Å². The summed E-state index contributed by atoms with van der Waals surface area (Å²) in [5.41, 5.74) is 7.77. The van der Waals surface area contributed by atoms with Gasteiger partial charge in [-0.15, -0.1) is 0 Å². The highest BCUT2D eigenvalue weighted by molar-refractivity contribution is 5.83. The molecule has 0 aliphatic rings. The van der Waals surface area contributed by atoms with Crippen LogP contribution in [0.4, 0.5) is 0 Å². The molecule has 1 rings (SSSR count). The van der Waals surface area contributed by atoms with Crippen LogP contribution in [0.25, 0.3) is 0 Å². The van der Waals surface area contributed by atoms with Gasteiger partial charge in [0.25, 0.3) is 0 Å². The van der Waals surface area contributed by atoms with Gasteiger partial charge >= 0.3 is 0 Å². The van der Waals surface area contributed by atoms with Crippen LogP contribution < -0.4 is 5.73 Å². The number of carbonyl (C=O) groups excluding carboxylic acids is 1. The van der Waals surface area contributed by atoms with Crippen LogP contribution in [0.5, 0.6) is 0 Å². The van der Waals surface area contributed by atoms with Crippen molar-refractivity contribution in [3.8, 4) is 0 Å². The van der Waals surface area contributed by atoms with Crippen LogP contribution in [0.2, 0.25) is 0 Å². The molecule has 1 aromatic rings. The van der Waals surface area contributed by atoms with Gasteiger partial charge in [-0.1, -0.05) is 42.5 Å². The average Bonchev–Trinajstić information content (AvgIpc) is 2.35. The zero-order valence-electron chi connectivity index (χ0n) is 10.5. The van der Waals surface area contributed by atoms with Crippen molar-refractivity contribution in [3.05, 3.63) is 48.0 Å². The number of nitrogens with zero attached hydrogens (tertiary/aromatic N) is 1. The topological polar surface area (TPSA) is 46.3 Å². The first-order valence-electron chi connectivity index (χ1n) is 5.80. The molecule has 0 aliphatic heterocycles. The molecule has 0 saturated heterocycles. The monoisotopic (exact) mass is 232 g/mol. The molecule has 0 aliphatic carbocycles. The summed E-state index contributed by atoms with van der Waals surface area (Å²) in [7, 11) is 0. The Balaban J connectivity index is 2.77. The molecule has 92 valence electrons. The van der Waals surface area contributed by atoms with Crippen LogP contribution in [-0.2, 0) is 4.79 Å². The van der Waals surface area contributed by atoms with Gasteiger partial charge in [0.2, 0.25) is 5.91 Å². The fourth-order valence-electron chi connectivity index (χ4n) is 1.67. The van der Waals surface area contributed by atoms with E-state index < -0.39 is 6.04 Å². The first-order chi connectivity index (χ1) is 8.06. The molecule has 0 unspecified atom stereocenters. The van der Waals surface area contributed by atoms with Gasteiger partial charge in [0, 0.05) is 13.1 Å². The fraction of sp³-hybridized carbons (Fsp3) is 0.357. The molecule has 0 radical (unpaired) electrons. The second-order valence-electron chi connectivity index (χ2n) is 4.20. The summed E-state index contributed by atoms with van der Waals surface area (Å²) < 4.78 is 0. The maximum atomic E-state index is 12.2. The third kappa shape index (κ3) is 3.71. The van der Waals surface area contributed by atoms with E-state index in [1.54, 1.807) is 4.90 Å². The van der Waals surface area contributed by atoms with E-state index in [9.17, 15) is 4.79 Å². The Morgan fingerprint density at radius 1 is 1.41 bits per heavy atom. The lowest BCUT2D eigenvalue weighted by molar-refractivity contribution is -0.132. The Bertz CT molecular complexity index is 386. The Morgan fingerprint density at radius 3 is 2.47 bits per heavy atom. The van der Waals surface area contributed by atoms with Crippen molar-refractivity contribution < 1.29 is 4.79 Å². The standard InChI is InChI=1S/C14H20N2O/c1-4-16(10-11(2)3)14(17)13(15)12-8-6-5-7-9-12/h5-9,13H,2,4,10,15H2,1,3H3/t13-/m1/s1. The lowest BCUT2D eigenvalue weighted by atomic mass is 10.1. The zero-order chi connectivity index (χ0) is 12.8. The summed E-state index contributed by atoms with van der Waals surface area (Å²) in [6.07, 6.45) is 0. The molecule has 1 atom stereocenters. The second kappa shape index (κ2) is 6.21. The van der Waals surface area contributed by atoms with Gasteiger partial charge in [-0.3, -0.25) is 4.79 Å². The van der Waals surface area contributed by atoms with Gasteiger partial charge in [-0.25, -0.2) is 0 Å². The molecule has 0 saturated carbocycles. The van der Waals surface area contributed by atoms with Crippen molar-refractivity contribution in [1.82, 2.24) is 4.90 Å². The lowest BCUT2D eigenvalue weighted by Crippen LogP contribution is -2.39. The van der Waals surface area contributed by atoms with E-state index in [2.05, 4.69) is 6.58 Å². The highest BCUT2D eigenvalue weighted by Gasteiger charge is 2.20. The summed E-state index contributed by atoms with van der Waals surface area (Å²) in [4.78, 5) is 13.9. The Morgan fingerprint density at radius 2 is 2.00 bits per heavy atom. The highest BCUT2D eigenvalue weighted by Crippen LogP contribution is 2.13. The van der Waals surface area contributed by atoms with Gasteiger partial charge in [0.05, 0.1) is 0 Å². The van der Waals surface area contributed by atoms with E-state index in [1.165, 1.54) is 0 Å². The molecule has 0 fully saturated rings. The van der Waals surface area contributed by atoms with Crippen molar-refractivity contribution in [3.63, 3.8) is 0 Å². The molecule has 1 aromatic carbocycles. The summed E-state index contributed by atoms with van der Waals surface area (Å²) in [6, 6.07) is 8.84. The molecule has 17 heavy (non-hydrogen) atoms. The van der Waals surface area contributed by atoms with Gasteiger partial charge in [-0.2, -0.15) is 0 Å². The summed E-state index contributed by atoms with van der Waals surface area (Å²) in [5, 5.41) is 0. The van der Waals surface area contributed by atoms with Gasteiger partial charge in [-0.05, 0) is 19.4 Å². The Labute approximate surface area is 103 Å². The number of likely N-dealkylation sites (N-methyl/N-ethyl adjacent to an activating group) is 1. The molecule has 3 nitrogen and oxygen atoms in total. The van der Waals surface area contributed by atoms with Crippen LogP contribution in [-0.4, -0.2) is 23.9 Å². The van der Waals surface area contributed by atoms with Crippen LogP contribution in [0.3, 0.4) is 0 Å². The maximum absolute atomic E-state index is 12.2. The highest BCUT2D eigenvalue weighted by atomic mass is 16.2. The van der Waals surface area contributed by atoms with Crippen LogP contribution in [0.1, 0.15) is 25.5 Å². The molecule has 2 N–H and O–H groups in total. The predicted octanol–water partition coefficient (Wildman–Crippen LogP) is 2.11. The molecular weight excluding hydrogens is 212 g/mol.